The molecular weight excluding hydrogens is 375 g/mol. The summed E-state index contributed by atoms with van der Waals surface area (Å²) in [7, 11) is -4.26. The number of nitrogens with one attached hydrogen (secondary N) is 1. The third-order valence-electron chi connectivity index (χ3n) is 3.69. The van der Waals surface area contributed by atoms with Gasteiger partial charge in [0.05, 0.1) is 10.6 Å². The highest BCUT2D eigenvalue weighted by molar-refractivity contribution is 7.92. The second kappa shape index (κ2) is 6.88. The van der Waals surface area contributed by atoms with Gasteiger partial charge in [0.25, 0.3) is 10.0 Å². The highest BCUT2D eigenvalue weighted by Gasteiger charge is 2.32. The predicted molar refractivity (Wildman–Crippen MR) is 92.5 cm³/mol. The van der Waals surface area contributed by atoms with Crippen LogP contribution in [0.5, 0.6) is 0 Å². The van der Waals surface area contributed by atoms with E-state index in [0.29, 0.717) is 6.07 Å². The van der Waals surface area contributed by atoms with Crippen LogP contribution in [0.25, 0.3) is 0 Å². The maximum absolute atomic E-state index is 12.8. The minimum atomic E-state index is -4.66. The van der Waals surface area contributed by atoms with Crippen molar-refractivity contribution in [3.63, 3.8) is 0 Å². The lowest BCUT2D eigenvalue weighted by molar-refractivity contribution is -0.137. The molecule has 2 aromatic carbocycles. The average Bonchev–Trinajstić information content (AvgIpc) is 2.45. The molecule has 0 spiro atoms. The molecule has 0 aliphatic carbocycles. The Balaban J connectivity index is 2.42. The molecule has 0 fully saturated rings. The van der Waals surface area contributed by atoms with Crippen LogP contribution in [0.2, 0.25) is 5.02 Å². The first kappa shape index (κ1) is 19.6. The molecule has 0 saturated heterocycles. The van der Waals surface area contributed by atoms with Gasteiger partial charge < -0.3 is 0 Å². The van der Waals surface area contributed by atoms with E-state index in [1.165, 1.54) is 0 Å². The van der Waals surface area contributed by atoms with E-state index >= 15 is 0 Å². The minimum absolute atomic E-state index is 0.260. The zero-order chi connectivity index (χ0) is 19.0. The second-order valence-corrected chi connectivity index (χ2v) is 8.03. The molecule has 2 rings (SSSR count). The number of alkyl halides is 3. The van der Waals surface area contributed by atoms with Gasteiger partial charge in [-0.1, -0.05) is 31.5 Å². The predicted octanol–water partition coefficient (Wildman–Crippen LogP) is 5.59. The molecule has 0 heterocycles. The van der Waals surface area contributed by atoms with Crippen molar-refractivity contribution in [3.05, 3.63) is 58.1 Å². The van der Waals surface area contributed by atoms with Crippen LogP contribution in [-0.2, 0) is 16.2 Å². The lowest BCUT2D eigenvalue weighted by Gasteiger charge is -2.15. The monoisotopic (exact) mass is 391 g/mol. The molecule has 0 atom stereocenters. The summed E-state index contributed by atoms with van der Waals surface area (Å²) >= 11 is 5.81. The molecule has 1 N–H and O–H groups in total. The summed E-state index contributed by atoms with van der Waals surface area (Å²) in [5.41, 5.74) is 1.12. The number of sulfonamides is 1. The lowest BCUT2D eigenvalue weighted by Crippen LogP contribution is -2.15. The summed E-state index contributed by atoms with van der Waals surface area (Å²) in [5.74, 6) is 0.267. The van der Waals surface area contributed by atoms with Crippen LogP contribution in [0.4, 0.5) is 18.9 Å². The van der Waals surface area contributed by atoms with Gasteiger partial charge in [0.1, 0.15) is 4.90 Å². The van der Waals surface area contributed by atoms with Gasteiger partial charge in [0.15, 0.2) is 0 Å². The van der Waals surface area contributed by atoms with Gasteiger partial charge in [-0.3, -0.25) is 4.72 Å². The molecule has 0 saturated carbocycles. The highest BCUT2D eigenvalue weighted by atomic mass is 35.5. The van der Waals surface area contributed by atoms with E-state index in [-0.39, 0.29) is 16.6 Å². The van der Waals surface area contributed by atoms with Crippen molar-refractivity contribution < 1.29 is 21.6 Å². The highest BCUT2D eigenvalue weighted by Crippen LogP contribution is 2.34. The Morgan fingerprint density at radius 1 is 1.08 bits per heavy atom. The van der Waals surface area contributed by atoms with E-state index in [2.05, 4.69) is 4.72 Å². The Hall–Kier alpha value is -1.73. The molecule has 2 aromatic rings. The van der Waals surface area contributed by atoms with E-state index in [9.17, 15) is 21.6 Å². The summed E-state index contributed by atoms with van der Waals surface area (Å²) in [5, 5.41) is -0.281. The first-order chi connectivity index (χ1) is 11.4. The second-order valence-electron chi connectivity index (χ2n) is 5.97. The Morgan fingerprint density at radius 2 is 1.72 bits per heavy atom. The van der Waals surface area contributed by atoms with Crippen molar-refractivity contribution in [1.29, 1.82) is 0 Å². The van der Waals surface area contributed by atoms with Crippen LogP contribution in [0.3, 0.4) is 0 Å². The van der Waals surface area contributed by atoms with E-state index in [0.717, 1.165) is 23.3 Å². The third kappa shape index (κ3) is 4.46. The fourth-order valence-electron chi connectivity index (χ4n) is 2.48. The maximum Gasteiger partial charge on any atom is 0.416 e. The Bertz CT molecular complexity index is 893. The van der Waals surface area contributed by atoms with Crippen molar-refractivity contribution >= 4 is 27.3 Å². The summed E-state index contributed by atoms with van der Waals surface area (Å²) in [4.78, 5) is -0.616. The van der Waals surface area contributed by atoms with Gasteiger partial charge in [0.2, 0.25) is 0 Å². The summed E-state index contributed by atoms with van der Waals surface area (Å²) in [6, 6.07) is 7.18. The Morgan fingerprint density at radius 3 is 2.24 bits per heavy atom. The van der Waals surface area contributed by atoms with Gasteiger partial charge in [-0.25, -0.2) is 8.42 Å². The summed E-state index contributed by atoms with van der Waals surface area (Å²) < 4.78 is 65.7. The number of benzene rings is 2. The number of rotatable bonds is 4. The number of hydrogen-bond acceptors (Lipinski definition) is 2. The molecule has 3 nitrogen and oxygen atoms in total. The van der Waals surface area contributed by atoms with Crippen LogP contribution in [0.1, 0.15) is 36.5 Å². The molecule has 0 radical (unpaired) electrons. The fraction of sp³-hybridized carbons (Fsp3) is 0.294. The topological polar surface area (TPSA) is 46.2 Å². The Kier molecular flexibility index (Phi) is 5.39. The molecule has 8 heteroatoms. The van der Waals surface area contributed by atoms with E-state index < -0.39 is 26.7 Å². The molecular formula is C17H17ClF3NO2S. The number of anilines is 1. The molecule has 136 valence electrons. The zero-order valence-corrected chi connectivity index (χ0v) is 15.4. The van der Waals surface area contributed by atoms with E-state index in [1.54, 1.807) is 18.2 Å². The van der Waals surface area contributed by atoms with Crippen molar-refractivity contribution in [1.82, 2.24) is 0 Å². The molecule has 0 amide bonds. The Labute approximate surface area is 149 Å². The average molecular weight is 392 g/mol. The van der Waals surface area contributed by atoms with Crippen LogP contribution in [0, 0.1) is 6.92 Å². The first-order valence-corrected chi connectivity index (χ1v) is 9.28. The van der Waals surface area contributed by atoms with Gasteiger partial charge in [0, 0.05) is 5.69 Å². The van der Waals surface area contributed by atoms with E-state index in [1.807, 2.05) is 20.8 Å². The normalized spacial score (nSPS) is 12.5. The first-order valence-electron chi connectivity index (χ1n) is 7.42. The van der Waals surface area contributed by atoms with Crippen molar-refractivity contribution in [2.24, 2.45) is 0 Å². The summed E-state index contributed by atoms with van der Waals surface area (Å²) in [6.45, 7) is 5.85. The fourth-order valence-corrected chi connectivity index (χ4v) is 4.06. The lowest BCUT2D eigenvalue weighted by atomic mass is 9.98. The van der Waals surface area contributed by atoms with Gasteiger partial charge >= 0.3 is 6.18 Å². The van der Waals surface area contributed by atoms with E-state index in [4.69, 9.17) is 11.6 Å². The summed E-state index contributed by atoms with van der Waals surface area (Å²) in [6.07, 6.45) is -4.66. The molecule has 0 bridgehead atoms. The molecule has 0 aliphatic rings. The largest absolute Gasteiger partial charge is 0.416 e. The smallest absolute Gasteiger partial charge is 0.280 e. The molecule has 0 aromatic heterocycles. The zero-order valence-electron chi connectivity index (χ0n) is 13.8. The van der Waals surface area contributed by atoms with Gasteiger partial charge in [-0.15, -0.1) is 0 Å². The SMILES string of the molecule is Cc1cc(NS(=O)(=O)c2cc(C(F)(F)F)ccc2Cl)ccc1C(C)C. The van der Waals surface area contributed by atoms with Gasteiger partial charge in [-0.2, -0.15) is 13.2 Å². The minimum Gasteiger partial charge on any atom is -0.280 e. The number of hydrogen-bond donors (Lipinski definition) is 1. The van der Waals surface area contributed by atoms with Crippen LogP contribution in [0.15, 0.2) is 41.3 Å². The van der Waals surface area contributed by atoms with Crippen molar-refractivity contribution in [2.75, 3.05) is 4.72 Å². The van der Waals surface area contributed by atoms with Crippen LogP contribution in [-0.4, -0.2) is 8.42 Å². The molecule has 0 aliphatic heterocycles. The third-order valence-corrected chi connectivity index (χ3v) is 5.55. The molecule has 0 unspecified atom stereocenters. The van der Waals surface area contributed by atoms with Crippen LogP contribution < -0.4 is 4.72 Å². The van der Waals surface area contributed by atoms with Crippen molar-refractivity contribution in [2.45, 2.75) is 37.8 Å². The standard InChI is InChI=1S/C17H17ClF3NO2S/c1-10(2)14-6-5-13(8-11(14)3)22-25(23,24)16-9-12(17(19,20)21)4-7-15(16)18/h4-10,22H,1-3H3. The van der Waals surface area contributed by atoms with Crippen LogP contribution >= 0.6 is 11.6 Å². The van der Waals surface area contributed by atoms with Gasteiger partial charge in [-0.05, 0) is 54.3 Å². The maximum atomic E-state index is 12.8. The molecule has 25 heavy (non-hydrogen) atoms. The quantitative estimate of drug-likeness (QED) is 0.738. The number of halogens is 4. The number of aryl methyl sites for hydroxylation is 1. The van der Waals surface area contributed by atoms with Crippen molar-refractivity contribution in [3.8, 4) is 0 Å².